The van der Waals surface area contributed by atoms with Gasteiger partial charge in [-0.2, -0.15) is 15.0 Å². The Morgan fingerprint density at radius 2 is 1.93 bits per heavy atom. The van der Waals surface area contributed by atoms with Crippen LogP contribution < -0.4 is 4.90 Å². The lowest BCUT2D eigenvalue weighted by Gasteiger charge is -2.23. The van der Waals surface area contributed by atoms with Gasteiger partial charge in [-0.25, -0.2) is 9.37 Å². The van der Waals surface area contributed by atoms with E-state index in [4.69, 9.17) is 0 Å². The van der Waals surface area contributed by atoms with Crippen LogP contribution in [0.3, 0.4) is 0 Å². The Morgan fingerprint density at radius 3 is 2.63 bits per heavy atom. The minimum absolute atomic E-state index is 0.180. The molecule has 158 valence electrons. The fraction of sp³-hybridized carbons (Fsp3) is 0.400. The molecule has 0 spiro atoms. The second-order valence-corrected chi connectivity index (χ2v) is 8.52. The average molecular weight is 431 g/mol. The van der Waals surface area contributed by atoms with Crippen molar-refractivity contribution in [1.82, 2.24) is 24.9 Å². The zero-order valence-corrected chi connectivity index (χ0v) is 17.6. The van der Waals surface area contributed by atoms with Crippen LogP contribution in [0.25, 0.3) is 5.69 Å². The molecule has 0 radical (unpaired) electrons. The van der Waals surface area contributed by atoms with Gasteiger partial charge in [-0.1, -0.05) is 0 Å². The molecule has 1 aliphatic heterocycles. The first-order valence-electron chi connectivity index (χ1n) is 9.72. The van der Waals surface area contributed by atoms with Gasteiger partial charge in [0.15, 0.2) is 5.13 Å². The fourth-order valence-corrected chi connectivity index (χ4v) is 4.40. The van der Waals surface area contributed by atoms with Gasteiger partial charge in [-0.05, 0) is 32.4 Å². The number of aromatic nitrogens is 4. The number of thiazole rings is 1. The van der Waals surface area contributed by atoms with Gasteiger partial charge in [0.25, 0.3) is 5.91 Å². The Bertz CT molecular complexity index is 1030. The molecule has 0 saturated carbocycles. The maximum atomic E-state index is 13.8. The summed E-state index contributed by atoms with van der Waals surface area (Å²) in [7, 11) is 0. The minimum Gasteiger partial charge on any atom is -0.384 e. The lowest BCUT2D eigenvalue weighted by atomic mass is 10.1. The van der Waals surface area contributed by atoms with Crippen LogP contribution in [0.1, 0.15) is 36.3 Å². The van der Waals surface area contributed by atoms with Crippen molar-refractivity contribution in [3.8, 4) is 5.69 Å². The number of anilines is 1. The van der Waals surface area contributed by atoms with Crippen molar-refractivity contribution in [2.24, 2.45) is 0 Å². The van der Waals surface area contributed by atoms with Crippen molar-refractivity contribution in [2.45, 2.75) is 25.9 Å². The summed E-state index contributed by atoms with van der Waals surface area (Å²) in [5.74, 6) is -0.632. The van der Waals surface area contributed by atoms with Gasteiger partial charge in [0.05, 0.1) is 23.7 Å². The molecule has 0 aliphatic carbocycles. The van der Waals surface area contributed by atoms with Crippen LogP contribution in [0.15, 0.2) is 36.0 Å². The highest BCUT2D eigenvalue weighted by Gasteiger charge is 2.26. The molecule has 1 aromatic carbocycles. The van der Waals surface area contributed by atoms with Gasteiger partial charge in [0.1, 0.15) is 17.1 Å². The summed E-state index contributed by atoms with van der Waals surface area (Å²) in [6.45, 7) is 5.91. The van der Waals surface area contributed by atoms with E-state index >= 15 is 0 Å². The number of hydrogen-bond donors (Lipinski definition) is 1. The van der Waals surface area contributed by atoms with Gasteiger partial charge in [0, 0.05) is 37.6 Å². The fourth-order valence-electron chi connectivity index (χ4n) is 3.36. The largest absolute Gasteiger partial charge is 0.384 e. The van der Waals surface area contributed by atoms with Crippen LogP contribution in [-0.2, 0) is 5.60 Å². The van der Waals surface area contributed by atoms with Crippen LogP contribution in [0.2, 0.25) is 0 Å². The van der Waals surface area contributed by atoms with Crippen LogP contribution in [-0.4, -0.2) is 62.1 Å². The summed E-state index contributed by atoms with van der Waals surface area (Å²) in [5, 5.41) is 20.9. The van der Waals surface area contributed by atoms with Gasteiger partial charge >= 0.3 is 0 Å². The molecule has 30 heavy (non-hydrogen) atoms. The van der Waals surface area contributed by atoms with E-state index in [9.17, 15) is 14.3 Å². The Morgan fingerprint density at radius 1 is 1.17 bits per heavy atom. The highest BCUT2D eigenvalue weighted by molar-refractivity contribution is 7.13. The van der Waals surface area contributed by atoms with Gasteiger partial charge < -0.3 is 14.9 Å². The maximum absolute atomic E-state index is 13.8. The normalized spacial score (nSPS) is 15.3. The highest BCUT2D eigenvalue weighted by atomic mass is 32.1. The molecule has 4 rings (SSSR count). The molecule has 10 heteroatoms. The Labute approximate surface area is 177 Å². The topological polar surface area (TPSA) is 87.4 Å². The predicted octanol–water partition coefficient (Wildman–Crippen LogP) is 2.44. The summed E-state index contributed by atoms with van der Waals surface area (Å²) in [5.41, 5.74) is 0.338. The first-order valence-corrected chi connectivity index (χ1v) is 10.6. The molecule has 3 heterocycles. The smallest absolute Gasteiger partial charge is 0.256 e. The number of hydrogen-bond acceptors (Lipinski definition) is 7. The van der Waals surface area contributed by atoms with Crippen LogP contribution >= 0.6 is 11.3 Å². The number of halogens is 1. The number of carbonyl (C=O) groups is 1. The zero-order chi connectivity index (χ0) is 21.3. The van der Waals surface area contributed by atoms with E-state index in [-0.39, 0.29) is 5.91 Å². The molecule has 1 aliphatic rings. The Balaban J connectivity index is 1.52. The lowest BCUT2D eigenvalue weighted by molar-refractivity contribution is 0.0745. The summed E-state index contributed by atoms with van der Waals surface area (Å²) in [6.07, 6.45) is 3.75. The molecule has 0 bridgehead atoms. The number of amides is 1. The monoisotopic (exact) mass is 430 g/mol. The highest BCUT2D eigenvalue weighted by Crippen LogP contribution is 2.28. The van der Waals surface area contributed by atoms with Crippen LogP contribution in [0.4, 0.5) is 9.52 Å². The summed E-state index contributed by atoms with van der Waals surface area (Å²) in [6, 6.07) is 4.03. The minimum atomic E-state index is -0.984. The number of benzene rings is 1. The Hall–Kier alpha value is -2.85. The van der Waals surface area contributed by atoms with Crippen molar-refractivity contribution >= 4 is 22.4 Å². The predicted molar refractivity (Wildman–Crippen MR) is 111 cm³/mol. The van der Waals surface area contributed by atoms with Crippen molar-refractivity contribution in [3.63, 3.8) is 0 Å². The first kappa shape index (κ1) is 20.4. The summed E-state index contributed by atoms with van der Waals surface area (Å²) in [4.78, 5) is 22.9. The third-order valence-electron chi connectivity index (χ3n) is 5.00. The molecular formula is C20H23FN6O2S. The number of carbonyl (C=O) groups excluding carboxylic acids is 1. The Kier molecular flexibility index (Phi) is 5.52. The quantitative estimate of drug-likeness (QED) is 0.684. The summed E-state index contributed by atoms with van der Waals surface area (Å²) < 4.78 is 13.8. The molecule has 2 aromatic heterocycles. The van der Waals surface area contributed by atoms with Crippen molar-refractivity contribution in [1.29, 1.82) is 0 Å². The van der Waals surface area contributed by atoms with E-state index in [1.54, 1.807) is 18.7 Å². The molecule has 1 N–H and O–H groups in total. The van der Waals surface area contributed by atoms with Gasteiger partial charge in [-0.15, -0.1) is 11.3 Å². The molecule has 8 nitrogen and oxygen atoms in total. The van der Waals surface area contributed by atoms with E-state index in [1.807, 2.05) is 5.38 Å². The molecule has 1 amide bonds. The van der Waals surface area contributed by atoms with E-state index in [0.29, 0.717) is 36.6 Å². The SMILES string of the molecule is CC(C)(O)c1csc(N2CCCN(C(=O)c3ccc(F)cc3-n3nccn3)CC2)n1. The number of nitrogens with zero attached hydrogens (tertiary/aromatic N) is 6. The van der Waals surface area contributed by atoms with E-state index in [0.717, 1.165) is 18.1 Å². The van der Waals surface area contributed by atoms with Crippen molar-refractivity contribution < 1.29 is 14.3 Å². The molecular weight excluding hydrogens is 407 g/mol. The third kappa shape index (κ3) is 4.19. The molecule has 0 unspecified atom stereocenters. The molecule has 1 fully saturated rings. The second kappa shape index (κ2) is 8.11. The molecule has 3 aromatic rings. The van der Waals surface area contributed by atoms with Crippen LogP contribution in [0, 0.1) is 5.82 Å². The van der Waals surface area contributed by atoms with E-state index in [2.05, 4.69) is 20.1 Å². The van der Waals surface area contributed by atoms with Crippen molar-refractivity contribution in [3.05, 3.63) is 53.0 Å². The number of rotatable bonds is 4. The molecule has 0 atom stereocenters. The third-order valence-corrected chi connectivity index (χ3v) is 5.90. The average Bonchev–Trinajstić information content (AvgIpc) is 3.36. The molecule has 1 saturated heterocycles. The maximum Gasteiger partial charge on any atom is 0.256 e. The lowest BCUT2D eigenvalue weighted by Crippen LogP contribution is -2.35. The number of aliphatic hydroxyl groups is 1. The van der Waals surface area contributed by atoms with E-state index in [1.165, 1.54) is 46.7 Å². The van der Waals surface area contributed by atoms with E-state index < -0.39 is 11.4 Å². The van der Waals surface area contributed by atoms with Gasteiger partial charge in [-0.3, -0.25) is 4.79 Å². The van der Waals surface area contributed by atoms with Crippen LogP contribution in [0.5, 0.6) is 0 Å². The second-order valence-electron chi connectivity index (χ2n) is 7.69. The standard InChI is InChI=1S/C20H23FN6O2S/c1-20(2,29)17-13-30-19(24-17)26-9-3-8-25(10-11-26)18(28)15-5-4-14(21)12-16(15)27-22-6-7-23-27/h4-7,12-13,29H,3,8-11H2,1-2H3. The van der Waals surface area contributed by atoms with Crippen molar-refractivity contribution in [2.75, 3.05) is 31.1 Å². The first-order chi connectivity index (χ1) is 14.3. The zero-order valence-electron chi connectivity index (χ0n) is 16.8. The van der Waals surface area contributed by atoms with Gasteiger partial charge in [0.2, 0.25) is 0 Å². The summed E-state index contributed by atoms with van der Waals surface area (Å²) >= 11 is 1.49.